The Morgan fingerprint density at radius 2 is 1.67 bits per heavy atom. The van der Waals surface area contributed by atoms with Gasteiger partial charge in [-0.25, -0.2) is 4.79 Å². The SMILES string of the molecule is CN(C(=O)CNC(=O)OC(C)(C)C)c1ccc(OC(F)(F)F)cc1. The van der Waals surface area contributed by atoms with E-state index in [9.17, 15) is 22.8 Å². The largest absolute Gasteiger partial charge is 0.573 e. The fourth-order valence-electron chi connectivity index (χ4n) is 1.60. The standard InChI is InChI=1S/C15H19F3N2O4/c1-14(2,3)24-13(22)19-9-12(21)20(4)10-5-7-11(8-6-10)23-15(16,17)18/h5-8H,9H2,1-4H3,(H,19,22). The molecule has 0 bridgehead atoms. The van der Waals surface area contributed by atoms with E-state index in [0.29, 0.717) is 5.69 Å². The van der Waals surface area contributed by atoms with Gasteiger partial charge < -0.3 is 19.7 Å². The molecule has 134 valence electrons. The molecule has 0 aromatic heterocycles. The topological polar surface area (TPSA) is 67.9 Å². The van der Waals surface area contributed by atoms with Crippen LogP contribution in [0, 0.1) is 0 Å². The van der Waals surface area contributed by atoms with E-state index in [1.54, 1.807) is 20.8 Å². The molecule has 1 aromatic rings. The third-order valence-corrected chi connectivity index (χ3v) is 2.61. The Labute approximate surface area is 137 Å². The number of carbonyl (C=O) groups excluding carboxylic acids is 2. The maximum atomic E-state index is 12.1. The van der Waals surface area contributed by atoms with Gasteiger partial charge in [0.1, 0.15) is 17.9 Å². The number of rotatable bonds is 4. The smallest absolute Gasteiger partial charge is 0.444 e. The van der Waals surface area contributed by atoms with Crippen molar-refractivity contribution >= 4 is 17.7 Å². The zero-order chi connectivity index (χ0) is 18.5. The van der Waals surface area contributed by atoms with Crippen LogP contribution in [0.4, 0.5) is 23.7 Å². The van der Waals surface area contributed by atoms with Crippen molar-refractivity contribution in [3.05, 3.63) is 24.3 Å². The normalized spacial score (nSPS) is 11.6. The summed E-state index contributed by atoms with van der Waals surface area (Å²) in [7, 11) is 1.43. The molecule has 0 saturated heterocycles. The summed E-state index contributed by atoms with van der Waals surface area (Å²) in [5.41, 5.74) is -0.339. The second kappa shape index (κ2) is 7.41. The maximum Gasteiger partial charge on any atom is 0.573 e. The number of amides is 2. The number of benzene rings is 1. The molecule has 0 unspecified atom stereocenters. The molecule has 0 saturated carbocycles. The molecule has 9 heteroatoms. The quantitative estimate of drug-likeness (QED) is 0.908. The van der Waals surface area contributed by atoms with E-state index < -0.39 is 24.0 Å². The minimum absolute atomic E-state index is 0.313. The van der Waals surface area contributed by atoms with Crippen molar-refractivity contribution in [2.45, 2.75) is 32.7 Å². The highest BCUT2D eigenvalue weighted by molar-refractivity contribution is 5.95. The van der Waals surface area contributed by atoms with Gasteiger partial charge in [0.05, 0.1) is 0 Å². The predicted molar refractivity (Wildman–Crippen MR) is 80.8 cm³/mol. The molecular formula is C15H19F3N2O4. The maximum absolute atomic E-state index is 12.1. The Morgan fingerprint density at radius 3 is 2.12 bits per heavy atom. The van der Waals surface area contributed by atoms with Gasteiger partial charge >= 0.3 is 12.5 Å². The number of alkyl carbamates (subject to hydrolysis) is 1. The van der Waals surface area contributed by atoms with Crippen LogP contribution in [0.5, 0.6) is 5.75 Å². The van der Waals surface area contributed by atoms with Gasteiger partial charge in [0.2, 0.25) is 5.91 Å². The minimum atomic E-state index is -4.78. The first-order chi connectivity index (χ1) is 10.9. The number of carbonyl (C=O) groups is 2. The number of likely N-dealkylation sites (N-methyl/N-ethyl adjacent to an activating group) is 1. The molecule has 0 aliphatic rings. The van der Waals surface area contributed by atoms with Crippen LogP contribution in [0.3, 0.4) is 0 Å². The Morgan fingerprint density at radius 1 is 1.12 bits per heavy atom. The molecule has 0 spiro atoms. The van der Waals surface area contributed by atoms with Crippen LogP contribution >= 0.6 is 0 Å². The highest BCUT2D eigenvalue weighted by Crippen LogP contribution is 2.25. The van der Waals surface area contributed by atoms with Crippen molar-refractivity contribution in [2.24, 2.45) is 0 Å². The Kier molecular flexibility index (Phi) is 6.05. The van der Waals surface area contributed by atoms with Crippen molar-refractivity contribution in [1.29, 1.82) is 0 Å². The fourth-order valence-corrected chi connectivity index (χ4v) is 1.60. The summed E-state index contributed by atoms with van der Waals surface area (Å²) >= 11 is 0. The summed E-state index contributed by atoms with van der Waals surface area (Å²) in [5.74, 6) is -0.857. The van der Waals surface area contributed by atoms with Crippen LogP contribution in [-0.4, -0.2) is 37.6 Å². The third-order valence-electron chi connectivity index (χ3n) is 2.61. The number of anilines is 1. The molecule has 1 N–H and O–H groups in total. The molecule has 0 aliphatic heterocycles. The van der Waals surface area contributed by atoms with E-state index in [1.165, 1.54) is 24.1 Å². The first-order valence-corrected chi connectivity index (χ1v) is 6.96. The van der Waals surface area contributed by atoms with Crippen LogP contribution in [0.25, 0.3) is 0 Å². The monoisotopic (exact) mass is 348 g/mol. The van der Waals surface area contributed by atoms with E-state index in [-0.39, 0.29) is 12.3 Å². The van der Waals surface area contributed by atoms with Crippen LogP contribution in [0.15, 0.2) is 24.3 Å². The van der Waals surface area contributed by atoms with E-state index >= 15 is 0 Å². The molecule has 2 amide bonds. The van der Waals surface area contributed by atoms with Gasteiger partial charge in [0.25, 0.3) is 0 Å². The molecule has 24 heavy (non-hydrogen) atoms. The zero-order valence-electron chi connectivity index (χ0n) is 13.7. The second-order valence-electron chi connectivity index (χ2n) is 5.85. The summed E-state index contributed by atoms with van der Waals surface area (Å²) in [4.78, 5) is 24.6. The van der Waals surface area contributed by atoms with Gasteiger partial charge in [0.15, 0.2) is 0 Å². The molecule has 0 aliphatic carbocycles. The highest BCUT2D eigenvalue weighted by atomic mass is 19.4. The molecule has 0 fully saturated rings. The van der Waals surface area contributed by atoms with Gasteiger partial charge in [-0.1, -0.05) is 0 Å². The number of nitrogens with one attached hydrogen (secondary N) is 1. The third kappa shape index (κ3) is 7.21. The lowest BCUT2D eigenvalue weighted by Gasteiger charge is -2.21. The average Bonchev–Trinajstić information content (AvgIpc) is 2.41. The number of halogens is 3. The molecule has 1 aromatic carbocycles. The minimum Gasteiger partial charge on any atom is -0.444 e. The van der Waals surface area contributed by atoms with Crippen LogP contribution in [0.2, 0.25) is 0 Å². The van der Waals surface area contributed by atoms with Crippen LogP contribution in [0.1, 0.15) is 20.8 Å². The summed E-state index contributed by atoms with van der Waals surface area (Å²) < 4.78 is 45.0. The van der Waals surface area contributed by atoms with Gasteiger partial charge in [-0.15, -0.1) is 13.2 Å². The van der Waals surface area contributed by atoms with Crippen LogP contribution < -0.4 is 15.0 Å². The van der Waals surface area contributed by atoms with E-state index in [2.05, 4.69) is 10.1 Å². The molecule has 0 heterocycles. The molecule has 1 rings (SSSR count). The number of hydrogen-bond donors (Lipinski definition) is 1. The van der Waals surface area contributed by atoms with Crippen molar-refractivity contribution < 1.29 is 32.2 Å². The molecular weight excluding hydrogens is 329 g/mol. The molecule has 0 radical (unpaired) electrons. The van der Waals surface area contributed by atoms with Gasteiger partial charge in [-0.3, -0.25) is 4.79 Å². The van der Waals surface area contributed by atoms with Crippen LogP contribution in [-0.2, 0) is 9.53 Å². The second-order valence-corrected chi connectivity index (χ2v) is 5.85. The Hall–Kier alpha value is -2.45. The lowest BCUT2D eigenvalue weighted by Crippen LogP contribution is -2.40. The van der Waals surface area contributed by atoms with Gasteiger partial charge in [-0.05, 0) is 45.0 Å². The lowest BCUT2D eigenvalue weighted by atomic mass is 10.2. The Bertz CT molecular complexity index is 580. The first kappa shape index (κ1) is 19.6. The van der Waals surface area contributed by atoms with E-state index in [0.717, 1.165) is 12.1 Å². The number of hydrogen-bond acceptors (Lipinski definition) is 4. The van der Waals surface area contributed by atoms with Crippen molar-refractivity contribution in [2.75, 3.05) is 18.5 Å². The number of alkyl halides is 3. The first-order valence-electron chi connectivity index (χ1n) is 6.96. The predicted octanol–water partition coefficient (Wildman–Crippen LogP) is 3.07. The Balaban J connectivity index is 2.58. The summed E-state index contributed by atoms with van der Waals surface area (Å²) in [6.45, 7) is 4.74. The van der Waals surface area contributed by atoms with Crippen molar-refractivity contribution in [1.82, 2.24) is 5.32 Å². The van der Waals surface area contributed by atoms with Crippen molar-refractivity contribution in [3.63, 3.8) is 0 Å². The summed E-state index contributed by atoms with van der Waals surface area (Å²) in [5, 5.41) is 2.31. The number of nitrogens with zero attached hydrogens (tertiary/aromatic N) is 1. The fraction of sp³-hybridized carbons (Fsp3) is 0.467. The lowest BCUT2D eigenvalue weighted by molar-refractivity contribution is -0.274. The van der Waals surface area contributed by atoms with Crippen molar-refractivity contribution in [3.8, 4) is 5.75 Å². The van der Waals surface area contributed by atoms with E-state index in [4.69, 9.17) is 4.74 Å². The van der Waals surface area contributed by atoms with Gasteiger partial charge in [-0.2, -0.15) is 0 Å². The van der Waals surface area contributed by atoms with E-state index in [1.807, 2.05) is 0 Å². The molecule has 6 nitrogen and oxygen atoms in total. The average molecular weight is 348 g/mol. The summed E-state index contributed by atoms with van der Waals surface area (Å²) in [6.07, 6.45) is -5.52. The highest BCUT2D eigenvalue weighted by Gasteiger charge is 2.31. The van der Waals surface area contributed by atoms with Gasteiger partial charge in [0, 0.05) is 12.7 Å². The zero-order valence-corrected chi connectivity index (χ0v) is 13.7. The number of ether oxygens (including phenoxy) is 2. The molecule has 0 atom stereocenters. The summed E-state index contributed by atoms with van der Waals surface area (Å²) in [6, 6.07) is 4.78.